The maximum Gasteiger partial charge on any atom is 0.188 e. The molecule has 3 nitrogen and oxygen atoms in total. The van der Waals surface area contributed by atoms with Crippen molar-refractivity contribution >= 4 is 11.0 Å². The van der Waals surface area contributed by atoms with Crippen LogP contribution in [0.5, 0.6) is 5.75 Å². The minimum Gasteiger partial charge on any atom is -0.469 e. The summed E-state index contributed by atoms with van der Waals surface area (Å²) in [7, 11) is 0. The van der Waals surface area contributed by atoms with Crippen molar-refractivity contribution in [3.8, 4) is 11.8 Å². The molecule has 0 atom stereocenters. The normalized spacial score (nSPS) is 11.4. The van der Waals surface area contributed by atoms with E-state index in [4.69, 9.17) is 14.4 Å². The van der Waals surface area contributed by atoms with Crippen LogP contribution in [0.3, 0.4) is 0 Å². The van der Waals surface area contributed by atoms with Gasteiger partial charge in [-0.2, -0.15) is 5.26 Å². The molecule has 2 aromatic rings. The average molecular weight is 229 g/mol. The van der Waals surface area contributed by atoms with Crippen LogP contribution in [0.25, 0.3) is 11.0 Å². The molecule has 88 valence electrons. The van der Waals surface area contributed by atoms with Crippen molar-refractivity contribution in [3.05, 3.63) is 30.0 Å². The topological polar surface area (TPSA) is 46.2 Å². The zero-order valence-electron chi connectivity index (χ0n) is 10.3. The Labute approximate surface area is 101 Å². The van der Waals surface area contributed by atoms with Crippen LogP contribution in [0.2, 0.25) is 0 Å². The Balaban J connectivity index is 2.55. The number of para-hydroxylation sites is 1. The molecule has 0 aliphatic rings. The molecule has 0 bridgehead atoms. The molecule has 0 aliphatic carbocycles. The standard InChI is InChI=1S/C14H15NO2/c1-4-11-13(17-14(2,3)9-15)10-7-5-6-8-12(10)16-11/h5-8H,4H2,1-3H3. The van der Waals surface area contributed by atoms with Gasteiger partial charge < -0.3 is 9.15 Å². The number of hydrogen-bond donors (Lipinski definition) is 0. The quantitative estimate of drug-likeness (QED) is 0.806. The third-order valence-electron chi connectivity index (χ3n) is 2.57. The molecule has 0 radical (unpaired) electrons. The van der Waals surface area contributed by atoms with Crippen LogP contribution in [-0.2, 0) is 6.42 Å². The fraction of sp³-hybridized carbons (Fsp3) is 0.357. The maximum atomic E-state index is 9.02. The summed E-state index contributed by atoms with van der Waals surface area (Å²) >= 11 is 0. The van der Waals surface area contributed by atoms with Crippen LogP contribution in [0.15, 0.2) is 28.7 Å². The highest BCUT2D eigenvalue weighted by molar-refractivity contribution is 5.85. The molecule has 0 amide bonds. The van der Waals surface area contributed by atoms with E-state index < -0.39 is 5.60 Å². The number of hydrogen-bond acceptors (Lipinski definition) is 3. The first-order valence-electron chi connectivity index (χ1n) is 5.68. The van der Waals surface area contributed by atoms with E-state index in [1.165, 1.54) is 0 Å². The molecule has 17 heavy (non-hydrogen) atoms. The van der Waals surface area contributed by atoms with Gasteiger partial charge in [-0.1, -0.05) is 19.1 Å². The molecule has 0 unspecified atom stereocenters. The van der Waals surface area contributed by atoms with Crippen molar-refractivity contribution in [3.63, 3.8) is 0 Å². The van der Waals surface area contributed by atoms with E-state index in [9.17, 15) is 0 Å². The summed E-state index contributed by atoms with van der Waals surface area (Å²) in [5, 5.41) is 9.95. The third-order valence-corrected chi connectivity index (χ3v) is 2.57. The molecule has 0 N–H and O–H groups in total. The Bertz CT molecular complexity index is 575. The fourth-order valence-corrected chi connectivity index (χ4v) is 1.70. The Morgan fingerprint density at radius 3 is 2.71 bits per heavy atom. The highest BCUT2D eigenvalue weighted by Gasteiger charge is 2.23. The molecule has 0 spiro atoms. The first-order chi connectivity index (χ1) is 8.07. The molecule has 0 saturated carbocycles. The van der Waals surface area contributed by atoms with Gasteiger partial charge >= 0.3 is 0 Å². The van der Waals surface area contributed by atoms with Crippen LogP contribution >= 0.6 is 0 Å². The van der Waals surface area contributed by atoms with Crippen LogP contribution in [-0.4, -0.2) is 5.60 Å². The van der Waals surface area contributed by atoms with Gasteiger partial charge in [0.15, 0.2) is 11.4 Å². The van der Waals surface area contributed by atoms with E-state index in [0.29, 0.717) is 5.75 Å². The van der Waals surface area contributed by atoms with Gasteiger partial charge in [0.1, 0.15) is 17.4 Å². The predicted octanol–water partition coefficient (Wildman–Crippen LogP) is 3.68. The highest BCUT2D eigenvalue weighted by atomic mass is 16.5. The lowest BCUT2D eigenvalue weighted by molar-refractivity contribution is 0.167. The van der Waals surface area contributed by atoms with Crippen LogP contribution in [0, 0.1) is 11.3 Å². The number of nitriles is 1. The second-order valence-corrected chi connectivity index (χ2v) is 4.43. The summed E-state index contributed by atoms with van der Waals surface area (Å²) < 4.78 is 11.5. The molecule has 0 aliphatic heterocycles. The summed E-state index contributed by atoms with van der Waals surface area (Å²) in [5.74, 6) is 1.48. The van der Waals surface area contributed by atoms with Gasteiger partial charge in [0.25, 0.3) is 0 Å². The van der Waals surface area contributed by atoms with Crippen molar-refractivity contribution in [1.29, 1.82) is 5.26 Å². The van der Waals surface area contributed by atoms with Crippen LogP contribution in [0.1, 0.15) is 26.5 Å². The summed E-state index contributed by atoms with van der Waals surface area (Å²) in [5.41, 5.74) is -0.0515. The lowest BCUT2D eigenvalue weighted by Gasteiger charge is -2.18. The molecule has 3 heteroatoms. The smallest absolute Gasteiger partial charge is 0.188 e. The van der Waals surface area contributed by atoms with Crippen molar-refractivity contribution in [2.45, 2.75) is 32.8 Å². The molecule has 2 rings (SSSR count). The van der Waals surface area contributed by atoms with Crippen LogP contribution in [0.4, 0.5) is 0 Å². The lowest BCUT2D eigenvalue weighted by Crippen LogP contribution is -2.25. The number of nitrogens with zero attached hydrogens (tertiary/aromatic N) is 1. The minimum atomic E-state index is -0.851. The molecule has 1 heterocycles. The van der Waals surface area contributed by atoms with E-state index in [2.05, 4.69) is 6.07 Å². The van der Waals surface area contributed by atoms with Gasteiger partial charge in [0.2, 0.25) is 0 Å². The van der Waals surface area contributed by atoms with Gasteiger partial charge in [-0.25, -0.2) is 0 Å². The van der Waals surface area contributed by atoms with Gasteiger partial charge in [0, 0.05) is 6.42 Å². The number of aryl methyl sites for hydroxylation is 1. The zero-order valence-corrected chi connectivity index (χ0v) is 10.3. The van der Waals surface area contributed by atoms with Gasteiger partial charge in [0.05, 0.1) is 5.39 Å². The predicted molar refractivity (Wildman–Crippen MR) is 65.9 cm³/mol. The first-order valence-corrected chi connectivity index (χ1v) is 5.68. The number of furan rings is 1. The summed E-state index contributed by atoms with van der Waals surface area (Å²) in [6.07, 6.45) is 0.742. The molecular formula is C14H15NO2. The van der Waals surface area contributed by atoms with E-state index >= 15 is 0 Å². The molecule has 0 fully saturated rings. The van der Waals surface area contributed by atoms with Crippen molar-refractivity contribution in [2.75, 3.05) is 0 Å². The second kappa shape index (κ2) is 4.14. The summed E-state index contributed by atoms with van der Waals surface area (Å²) in [6, 6.07) is 9.84. The SMILES string of the molecule is CCc1oc2ccccc2c1OC(C)(C)C#N. The second-order valence-electron chi connectivity index (χ2n) is 4.43. The highest BCUT2D eigenvalue weighted by Crippen LogP contribution is 2.35. The fourth-order valence-electron chi connectivity index (χ4n) is 1.70. The molecule has 0 saturated heterocycles. The van der Waals surface area contributed by atoms with Crippen molar-refractivity contribution < 1.29 is 9.15 Å². The van der Waals surface area contributed by atoms with Crippen molar-refractivity contribution in [1.82, 2.24) is 0 Å². The Morgan fingerprint density at radius 1 is 1.35 bits per heavy atom. The largest absolute Gasteiger partial charge is 0.469 e. The zero-order chi connectivity index (χ0) is 12.5. The van der Waals surface area contributed by atoms with E-state index in [1.807, 2.05) is 31.2 Å². The van der Waals surface area contributed by atoms with Crippen LogP contribution < -0.4 is 4.74 Å². The van der Waals surface area contributed by atoms with Gasteiger partial charge in [-0.3, -0.25) is 0 Å². The Hall–Kier alpha value is -1.95. The minimum absolute atomic E-state index is 0.689. The Morgan fingerprint density at radius 2 is 2.06 bits per heavy atom. The Kier molecular flexibility index (Phi) is 2.81. The van der Waals surface area contributed by atoms with E-state index in [-0.39, 0.29) is 0 Å². The number of fused-ring (bicyclic) bond motifs is 1. The maximum absolute atomic E-state index is 9.02. The molecular weight excluding hydrogens is 214 g/mol. The average Bonchev–Trinajstić information content (AvgIpc) is 2.67. The first kappa shape index (κ1) is 11.5. The summed E-state index contributed by atoms with van der Waals surface area (Å²) in [4.78, 5) is 0. The molecule has 1 aromatic heterocycles. The van der Waals surface area contributed by atoms with Crippen molar-refractivity contribution in [2.24, 2.45) is 0 Å². The van der Waals surface area contributed by atoms with Gasteiger partial charge in [-0.05, 0) is 26.0 Å². The van der Waals surface area contributed by atoms with Gasteiger partial charge in [-0.15, -0.1) is 0 Å². The third kappa shape index (κ3) is 2.12. The number of rotatable bonds is 3. The van der Waals surface area contributed by atoms with E-state index in [1.54, 1.807) is 13.8 Å². The number of ether oxygens (including phenoxy) is 1. The lowest BCUT2D eigenvalue weighted by atomic mass is 10.1. The number of benzene rings is 1. The van der Waals surface area contributed by atoms with E-state index in [0.717, 1.165) is 23.2 Å². The molecule has 1 aromatic carbocycles. The summed E-state index contributed by atoms with van der Waals surface area (Å²) in [6.45, 7) is 5.49. The monoisotopic (exact) mass is 229 g/mol.